The minimum Gasteiger partial charge on any atom is -0.485 e. The first-order valence-corrected chi connectivity index (χ1v) is 4.16. The lowest BCUT2D eigenvalue weighted by Gasteiger charge is -2.24. The molecule has 3 nitrogen and oxygen atoms in total. The summed E-state index contributed by atoms with van der Waals surface area (Å²) < 4.78 is 10.8. The van der Waals surface area contributed by atoms with Crippen molar-refractivity contribution < 1.29 is 14.3 Å². The minimum absolute atomic E-state index is 0.00509. The number of carbonyl (C=O) groups excluding carboxylic acids is 1. The quantitative estimate of drug-likeness (QED) is 0.652. The Balaban J connectivity index is 2.24. The van der Waals surface area contributed by atoms with Gasteiger partial charge in [0.1, 0.15) is 6.61 Å². The van der Waals surface area contributed by atoms with Crippen LogP contribution in [-0.4, -0.2) is 18.5 Å². The number of Topliss-reactive ketones (excluding diaryl/α,β-unsaturated/α-hetero) is 1. The van der Waals surface area contributed by atoms with Gasteiger partial charge in [0.15, 0.2) is 23.4 Å². The molecule has 3 heteroatoms. The summed E-state index contributed by atoms with van der Waals surface area (Å²) in [5.41, 5.74) is 0. The van der Waals surface area contributed by atoms with Gasteiger partial charge in [0, 0.05) is 0 Å². The maximum Gasteiger partial charge on any atom is 0.190 e. The van der Waals surface area contributed by atoms with Crippen LogP contribution in [0.4, 0.5) is 0 Å². The third-order valence-electron chi connectivity index (χ3n) is 1.96. The standard InChI is InChI=1S/C10H10O3/c1-7(11)10-6-12-8-4-2-3-5-9(8)13-10/h2-5,10H,6H2,1H3. The van der Waals surface area contributed by atoms with Gasteiger partial charge in [-0.25, -0.2) is 0 Å². The molecule has 1 aliphatic rings. The second-order valence-corrected chi connectivity index (χ2v) is 2.97. The van der Waals surface area contributed by atoms with Crippen LogP contribution < -0.4 is 9.47 Å². The molecule has 0 saturated heterocycles. The molecule has 1 aromatic carbocycles. The average Bonchev–Trinajstić information content (AvgIpc) is 2.17. The Kier molecular flexibility index (Phi) is 1.93. The van der Waals surface area contributed by atoms with E-state index in [1.165, 1.54) is 6.92 Å². The van der Waals surface area contributed by atoms with Gasteiger partial charge in [-0.3, -0.25) is 4.79 Å². The molecule has 0 spiro atoms. The summed E-state index contributed by atoms with van der Waals surface area (Å²) in [5, 5.41) is 0. The van der Waals surface area contributed by atoms with E-state index >= 15 is 0 Å². The second-order valence-electron chi connectivity index (χ2n) is 2.97. The van der Waals surface area contributed by atoms with Gasteiger partial charge in [-0.15, -0.1) is 0 Å². The molecule has 0 N–H and O–H groups in total. The van der Waals surface area contributed by atoms with E-state index < -0.39 is 6.10 Å². The molecule has 2 rings (SSSR count). The van der Waals surface area contributed by atoms with E-state index in [4.69, 9.17) is 9.47 Å². The van der Waals surface area contributed by atoms with Crippen molar-refractivity contribution in [2.45, 2.75) is 13.0 Å². The molecule has 0 radical (unpaired) electrons. The summed E-state index contributed by atoms with van der Waals surface area (Å²) in [7, 11) is 0. The van der Waals surface area contributed by atoms with Crippen LogP contribution in [0, 0.1) is 0 Å². The number of hydrogen-bond acceptors (Lipinski definition) is 3. The Labute approximate surface area is 76.3 Å². The summed E-state index contributed by atoms with van der Waals surface area (Å²) in [4.78, 5) is 11.0. The zero-order chi connectivity index (χ0) is 9.26. The third-order valence-corrected chi connectivity index (χ3v) is 1.96. The lowest BCUT2D eigenvalue weighted by molar-refractivity contribution is -0.125. The smallest absolute Gasteiger partial charge is 0.190 e. The largest absolute Gasteiger partial charge is 0.485 e. The van der Waals surface area contributed by atoms with Crippen molar-refractivity contribution in [3.05, 3.63) is 24.3 Å². The van der Waals surface area contributed by atoms with Crippen molar-refractivity contribution in [3.63, 3.8) is 0 Å². The van der Waals surface area contributed by atoms with Crippen LogP contribution >= 0.6 is 0 Å². The molecular formula is C10H10O3. The predicted molar refractivity (Wildman–Crippen MR) is 47.0 cm³/mol. The number of para-hydroxylation sites is 2. The summed E-state index contributed by atoms with van der Waals surface area (Å²) in [6, 6.07) is 7.34. The molecule has 0 fully saturated rings. The van der Waals surface area contributed by atoms with Crippen molar-refractivity contribution in [1.29, 1.82) is 0 Å². The molecule has 0 aromatic heterocycles. The SMILES string of the molecule is CC(=O)C1COc2ccccc2O1. The van der Waals surface area contributed by atoms with Gasteiger partial charge in [-0.05, 0) is 19.1 Å². The van der Waals surface area contributed by atoms with Gasteiger partial charge >= 0.3 is 0 Å². The molecule has 1 unspecified atom stereocenters. The average molecular weight is 178 g/mol. The summed E-state index contributed by atoms with van der Waals surface area (Å²) in [6.45, 7) is 1.81. The van der Waals surface area contributed by atoms with Gasteiger partial charge in [0.2, 0.25) is 0 Å². The van der Waals surface area contributed by atoms with Crippen LogP contribution in [0.25, 0.3) is 0 Å². The van der Waals surface area contributed by atoms with Crippen molar-refractivity contribution in [2.24, 2.45) is 0 Å². The fourth-order valence-electron chi connectivity index (χ4n) is 1.22. The van der Waals surface area contributed by atoms with Crippen LogP contribution in [0.5, 0.6) is 11.5 Å². The Morgan fingerprint density at radius 2 is 2.08 bits per heavy atom. The van der Waals surface area contributed by atoms with Crippen LogP contribution in [0.15, 0.2) is 24.3 Å². The van der Waals surface area contributed by atoms with Crippen LogP contribution in [-0.2, 0) is 4.79 Å². The number of benzene rings is 1. The third kappa shape index (κ3) is 1.49. The van der Waals surface area contributed by atoms with E-state index in [9.17, 15) is 4.79 Å². The van der Waals surface area contributed by atoms with Gasteiger partial charge < -0.3 is 9.47 Å². The molecule has 68 valence electrons. The fraction of sp³-hybridized carbons (Fsp3) is 0.300. The van der Waals surface area contributed by atoms with E-state index in [-0.39, 0.29) is 5.78 Å². The van der Waals surface area contributed by atoms with E-state index in [1.54, 1.807) is 6.07 Å². The molecular weight excluding hydrogens is 168 g/mol. The number of fused-ring (bicyclic) bond motifs is 1. The fourth-order valence-corrected chi connectivity index (χ4v) is 1.22. The number of rotatable bonds is 1. The number of hydrogen-bond donors (Lipinski definition) is 0. The normalized spacial score (nSPS) is 19.6. The lowest BCUT2D eigenvalue weighted by Crippen LogP contribution is -2.34. The lowest BCUT2D eigenvalue weighted by atomic mass is 10.2. The predicted octanol–water partition coefficient (Wildman–Crippen LogP) is 1.42. The molecule has 13 heavy (non-hydrogen) atoms. The Morgan fingerprint density at radius 3 is 2.77 bits per heavy atom. The van der Waals surface area contributed by atoms with E-state index in [2.05, 4.69) is 0 Å². The number of ether oxygens (including phenoxy) is 2. The summed E-state index contributed by atoms with van der Waals surface area (Å²) in [6.07, 6.45) is -0.449. The zero-order valence-electron chi connectivity index (χ0n) is 7.32. The zero-order valence-corrected chi connectivity index (χ0v) is 7.32. The van der Waals surface area contributed by atoms with Crippen molar-refractivity contribution in [1.82, 2.24) is 0 Å². The summed E-state index contributed by atoms with van der Waals surface area (Å²) >= 11 is 0. The Morgan fingerprint density at radius 1 is 1.38 bits per heavy atom. The first kappa shape index (κ1) is 8.10. The molecule has 0 aliphatic carbocycles. The van der Waals surface area contributed by atoms with Crippen LogP contribution in [0.3, 0.4) is 0 Å². The van der Waals surface area contributed by atoms with Gasteiger partial charge in [0.05, 0.1) is 0 Å². The van der Waals surface area contributed by atoms with Crippen LogP contribution in [0.1, 0.15) is 6.92 Å². The van der Waals surface area contributed by atoms with E-state index in [1.807, 2.05) is 18.2 Å². The molecule has 1 aromatic rings. The number of carbonyl (C=O) groups is 1. The second kappa shape index (κ2) is 3.09. The minimum atomic E-state index is -0.449. The van der Waals surface area contributed by atoms with Gasteiger partial charge in [-0.1, -0.05) is 12.1 Å². The highest BCUT2D eigenvalue weighted by molar-refractivity contribution is 5.81. The molecule has 1 heterocycles. The van der Waals surface area contributed by atoms with Gasteiger partial charge in [-0.2, -0.15) is 0 Å². The highest BCUT2D eigenvalue weighted by atomic mass is 16.6. The first-order valence-electron chi connectivity index (χ1n) is 4.16. The maximum absolute atomic E-state index is 11.0. The molecule has 0 amide bonds. The Bertz CT molecular complexity index is 333. The van der Waals surface area contributed by atoms with Crippen LogP contribution in [0.2, 0.25) is 0 Å². The molecule has 1 atom stereocenters. The topological polar surface area (TPSA) is 35.5 Å². The van der Waals surface area contributed by atoms with E-state index in [0.717, 1.165) is 0 Å². The number of ketones is 1. The monoisotopic (exact) mass is 178 g/mol. The first-order chi connectivity index (χ1) is 6.27. The molecule has 0 saturated carbocycles. The maximum atomic E-state index is 11.0. The van der Waals surface area contributed by atoms with Crippen molar-refractivity contribution in [2.75, 3.05) is 6.61 Å². The Hall–Kier alpha value is -1.51. The molecule has 0 bridgehead atoms. The highest BCUT2D eigenvalue weighted by Gasteiger charge is 2.23. The van der Waals surface area contributed by atoms with Gasteiger partial charge in [0.25, 0.3) is 0 Å². The van der Waals surface area contributed by atoms with Crippen molar-refractivity contribution >= 4 is 5.78 Å². The van der Waals surface area contributed by atoms with Crippen molar-refractivity contribution in [3.8, 4) is 11.5 Å². The highest BCUT2D eigenvalue weighted by Crippen LogP contribution is 2.30. The summed E-state index contributed by atoms with van der Waals surface area (Å²) in [5.74, 6) is 1.35. The molecule has 1 aliphatic heterocycles. The van der Waals surface area contributed by atoms with E-state index in [0.29, 0.717) is 18.1 Å².